The average Bonchev–Trinajstić information content (AvgIpc) is 2.53. The quantitative estimate of drug-likeness (QED) is 0.481. The van der Waals surface area contributed by atoms with E-state index in [2.05, 4.69) is 59.8 Å². The maximum Gasteiger partial charge on any atom is 0.0754 e. The number of halogens is 1. The molecule has 0 aromatic heterocycles. The molecule has 21 heavy (non-hydrogen) atoms. The van der Waals surface area contributed by atoms with Gasteiger partial charge in [0.25, 0.3) is 0 Å². The number of nitrogens with zero attached hydrogens (tertiary/aromatic N) is 1. The van der Waals surface area contributed by atoms with Gasteiger partial charge in [0, 0.05) is 10.8 Å². The van der Waals surface area contributed by atoms with E-state index in [0.717, 1.165) is 18.7 Å². The molecule has 110 valence electrons. The molecular weight excluding hydrogens is 318 g/mol. The van der Waals surface area contributed by atoms with Crippen LogP contribution in [0, 0.1) is 6.92 Å². The number of anilines is 2. The minimum absolute atomic E-state index is 0.528. The highest BCUT2D eigenvalue weighted by Crippen LogP contribution is 2.50. The van der Waals surface area contributed by atoms with E-state index in [4.69, 9.17) is 11.6 Å². The third-order valence-electron chi connectivity index (χ3n) is 3.41. The van der Waals surface area contributed by atoms with E-state index in [1.165, 1.54) is 21.8 Å². The molecule has 1 heterocycles. The van der Waals surface area contributed by atoms with Gasteiger partial charge in [-0.3, -0.25) is 4.31 Å². The Morgan fingerprint density at radius 1 is 1.10 bits per heavy atom. The summed E-state index contributed by atoms with van der Waals surface area (Å²) in [4.78, 5) is 1.36. The number of hydrogen-bond donors (Lipinski definition) is 0. The number of aryl methyl sites for hydroxylation is 1. The molecule has 4 heteroatoms. The van der Waals surface area contributed by atoms with Gasteiger partial charge in [-0.2, -0.15) is 0 Å². The lowest BCUT2D eigenvalue weighted by Gasteiger charge is -2.34. The largest absolute Gasteiger partial charge is 0.282 e. The molecule has 0 amide bonds. The van der Waals surface area contributed by atoms with Gasteiger partial charge in [-0.25, -0.2) is 0 Å². The first-order chi connectivity index (χ1) is 10.3. The van der Waals surface area contributed by atoms with Crippen molar-refractivity contribution in [1.29, 1.82) is 0 Å². The first-order valence-electron chi connectivity index (χ1n) is 7.13. The predicted octanol–water partition coefficient (Wildman–Crippen LogP) is 6.23. The third kappa shape index (κ3) is 3.53. The molecule has 2 aromatic carbocycles. The van der Waals surface area contributed by atoms with Crippen LogP contribution in [-0.4, -0.2) is 10.5 Å². The third-order valence-corrected chi connectivity index (χ3v) is 6.41. The molecular formula is C17H18ClNS2. The van der Waals surface area contributed by atoms with Crippen molar-refractivity contribution >= 4 is 46.7 Å². The number of alkyl halides is 1. The van der Waals surface area contributed by atoms with Gasteiger partial charge >= 0.3 is 0 Å². The fourth-order valence-electron chi connectivity index (χ4n) is 2.30. The lowest BCUT2D eigenvalue weighted by molar-refractivity contribution is 0.873. The highest BCUT2D eigenvalue weighted by molar-refractivity contribution is 8.18. The summed E-state index contributed by atoms with van der Waals surface area (Å²) < 4.78 is 2.89. The monoisotopic (exact) mass is 335 g/mol. The second kappa shape index (κ2) is 6.99. The molecule has 0 fully saturated rings. The number of para-hydroxylation sites is 1. The summed E-state index contributed by atoms with van der Waals surface area (Å²) in [6.45, 7) is 2.13. The van der Waals surface area contributed by atoms with E-state index in [-0.39, 0.29) is 0 Å². The van der Waals surface area contributed by atoms with Crippen LogP contribution in [0.4, 0.5) is 11.4 Å². The van der Waals surface area contributed by atoms with Crippen molar-refractivity contribution in [3.05, 3.63) is 54.1 Å². The molecule has 0 N–H and O–H groups in total. The fraction of sp³-hybridized carbons (Fsp3) is 0.294. The summed E-state index contributed by atoms with van der Waals surface area (Å²) in [6.07, 6.45) is 2.20. The molecule has 1 nitrogen and oxygen atoms in total. The number of fused-ring (bicyclic) bond motifs is 1. The van der Waals surface area contributed by atoms with Crippen LogP contribution < -0.4 is 4.31 Å². The molecule has 0 aliphatic carbocycles. The van der Waals surface area contributed by atoms with Gasteiger partial charge in [0.2, 0.25) is 0 Å². The van der Waals surface area contributed by atoms with Crippen LogP contribution in [0.1, 0.15) is 18.4 Å². The van der Waals surface area contributed by atoms with Gasteiger partial charge in [0.05, 0.1) is 16.0 Å². The highest BCUT2D eigenvalue weighted by atomic mass is 35.5. The van der Waals surface area contributed by atoms with Crippen LogP contribution in [0.3, 0.4) is 0 Å². The summed E-state index contributed by atoms with van der Waals surface area (Å²) in [5, 5.41) is 0. The summed E-state index contributed by atoms with van der Waals surface area (Å²) in [5.74, 6) is 0.740. The lowest BCUT2D eigenvalue weighted by atomic mass is 10.2. The number of rotatable bonds is 4. The molecule has 0 spiro atoms. The summed E-state index contributed by atoms with van der Waals surface area (Å²) in [7, 11) is 0. The van der Waals surface area contributed by atoms with E-state index < -0.39 is 0 Å². The standard InChI is InChI=1S/C17H18ClNS2/c1-13-8-10-14(11-9-13)19-15-5-2-3-6-16(15)20-17(21-19)7-4-12-18/h2-3,5-6,8-11,17H,4,7,12H2,1H3. The van der Waals surface area contributed by atoms with Gasteiger partial charge in [-0.05, 0) is 56.0 Å². The minimum atomic E-state index is 0.528. The minimum Gasteiger partial charge on any atom is -0.282 e. The van der Waals surface area contributed by atoms with E-state index >= 15 is 0 Å². The van der Waals surface area contributed by atoms with Crippen LogP contribution in [-0.2, 0) is 0 Å². The zero-order chi connectivity index (χ0) is 14.7. The highest BCUT2D eigenvalue weighted by Gasteiger charge is 2.26. The topological polar surface area (TPSA) is 3.24 Å². The smallest absolute Gasteiger partial charge is 0.0754 e. The van der Waals surface area contributed by atoms with Crippen molar-refractivity contribution in [1.82, 2.24) is 0 Å². The molecule has 1 aliphatic rings. The molecule has 3 rings (SSSR count). The molecule has 2 aromatic rings. The second-order valence-electron chi connectivity index (χ2n) is 5.08. The van der Waals surface area contributed by atoms with E-state index in [1.807, 2.05) is 23.7 Å². The van der Waals surface area contributed by atoms with E-state index in [0.29, 0.717) is 4.58 Å². The van der Waals surface area contributed by atoms with Gasteiger partial charge in [0.1, 0.15) is 0 Å². The van der Waals surface area contributed by atoms with Gasteiger partial charge < -0.3 is 0 Å². The number of thioether (sulfide) groups is 1. The van der Waals surface area contributed by atoms with Crippen molar-refractivity contribution in [3.8, 4) is 0 Å². The van der Waals surface area contributed by atoms with Crippen LogP contribution in [0.15, 0.2) is 53.4 Å². The van der Waals surface area contributed by atoms with Crippen molar-refractivity contribution in [2.24, 2.45) is 0 Å². The maximum absolute atomic E-state index is 5.86. The average molecular weight is 336 g/mol. The second-order valence-corrected chi connectivity index (χ2v) is 8.15. The Balaban J connectivity index is 1.92. The zero-order valence-electron chi connectivity index (χ0n) is 12.0. The van der Waals surface area contributed by atoms with Gasteiger partial charge in [-0.1, -0.05) is 29.8 Å². The summed E-state index contributed by atoms with van der Waals surface area (Å²) >= 11 is 9.73. The van der Waals surface area contributed by atoms with Crippen LogP contribution in [0.25, 0.3) is 0 Å². The van der Waals surface area contributed by atoms with E-state index in [1.54, 1.807) is 0 Å². The summed E-state index contributed by atoms with van der Waals surface area (Å²) in [6, 6.07) is 17.4. The Hall–Kier alpha value is -0.770. The van der Waals surface area contributed by atoms with Gasteiger partial charge in [0.15, 0.2) is 0 Å². The molecule has 0 saturated heterocycles. The van der Waals surface area contributed by atoms with Crippen LogP contribution >= 0.6 is 35.3 Å². The number of benzene rings is 2. The molecule has 0 radical (unpaired) electrons. The fourth-order valence-corrected chi connectivity index (χ4v) is 5.28. The molecule has 1 aliphatic heterocycles. The summed E-state index contributed by atoms with van der Waals surface area (Å²) in [5.41, 5.74) is 3.83. The molecule has 1 unspecified atom stereocenters. The van der Waals surface area contributed by atoms with Crippen LogP contribution in [0.2, 0.25) is 0 Å². The maximum atomic E-state index is 5.86. The Bertz CT molecular complexity index is 600. The van der Waals surface area contributed by atoms with Crippen molar-refractivity contribution in [2.75, 3.05) is 10.2 Å². The normalized spacial score (nSPS) is 17.6. The zero-order valence-corrected chi connectivity index (χ0v) is 14.3. The Morgan fingerprint density at radius 3 is 2.62 bits per heavy atom. The Kier molecular flexibility index (Phi) is 5.04. The SMILES string of the molecule is Cc1ccc(N2SC(CCCCl)Sc3ccccc32)cc1. The predicted molar refractivity (Wildman–Crippen MR) is 97.0 cm³/mol. The van der Waals surface area contributed by atoms with Crippen molar-refractivity contribution < 1.29 is 0 Å². The molecule has 0 saturated carbocycles. The van der Waals surface area contributed by atoms with Crippen molar-refractivity contribution in [3.63, 3.8) is 0 Å². The molecule has 0 bridgehead atoms. The van der Waals surface area contributed by atoms with Crippen LogP contribution in [0.5, 0.6) is 0 Å². The first-order valence-corrected chi connectivity index (χ1v) is 9.38. The Labute approximate surface area is 140 Å². The molecule has 1 atom stereocenters. The Morgan fingerprint density at radius 2 is 1.86 bits per heavy atom. The van der Waals surface area contributed by atoms with E-state index in [9.17, 15) is 0 Å². The lowest BCUT2D eigenvalue weighted by Crippen LogP contribution is -2.18. The van der Waals surface area contributed by atoms with Gasteiger partial charge in [-0.15, -0.1) is 23.4 Å². The first kappa shape index (κ1) is 15.1. The van der Waals surface area contributed by atoms with Crippen molar-refractivity contribution in [2.45, 2.75) is 29.2 Å². The number of hydrogen-bond acceptors (Lipinski definition) is 3.